The number of ether oxygens (including phenoxy) is 1. The Kier molecular flexibility index (Phi) is 4.76. The van der Waals surface area contributed by atoms with Crippen molar-refractivity contribution in [3.63, 3.8) is 0 Å². The van der Waals surface area contributed by atoms with Gasteiger partial charge in [-0.1, -0.05) is 19.1 Å². The van der Waals surface area contributed by atoms with Crippen molar-refractivity contribution in [3.8, 4) is 5.75 Å². The predicted octanol–water partition coefficient (Wildman–Crippen LogP) is 1.88. The Morgan fingerprint density at radius 2 is 2.00 bits per heavy atom. The number of carbonyl (C=O) groups excluding carboxylic acids is 1. The van der Waals surface area contributed by atoms with Crippen LogP contribution in [-0.2, 0) is 4.79 Å². The molecule has 3 rings (SSSR count). The number of benzene rings is 1. The van der Waals surface area contributed by atoms with Crippen LogP contribution >= 0.6 is 0 Å². The number of hydrogen-bond donors (Lipinski definition) is 1. The van der Waals surface area contributed by atoms with Gasteiger partial charge in [0.15, 0.2) is 0 Å². The molecule has 1 amide bonds. The van der Waals surface area contributed by atoms with Crippen LogP contribution in [0.25, 0.3) is 0 Å². The van der Waals surface area contributed by atoms with E-state index < -0.39 is 0 Å². The van der Waals surface area contributed by atoms with Crippen LogP contribution in [0.3, 0.4) is 0 Å². The van der Waals surface area contributed by atoms with Gasteiger partial charge >= 0.3 is 0 Å². The van der Waals surface area contributed by atoms with E-state index in [1.807, 2.05) is 23.1 Å². The average Bonchev–Trinajstić information content (AvgIpc) is 3.11. The lowest BCUT2D eigenvalue weighted by Gasteiger charge is -2.40. The highest BCUT2D eigenvalue weighted by molar-refractivity contribution is 5.87. The van der Waals surface area contributed by atoms with Gasteiger partial charge in [0.2, 0.25) is 5.91 Å². The number of piperazine rings is 1. The molecule has 23 heavy (non-hydrogen) atoms. The van der Waals surface area contributed by atoms with Crippen molar-refractivity contribution in [2.24, 2.45) is 0 Å². The third-order valence-corrected chi connectivity index (χ3v) is 5.25. The highest BCUT2D eigenvalue weighted by atomic mass is 16.5. The SMILES string of the molecule is CCC1(C(=O)N2CCN(c3ccccc3OC)CC2)CCCN1. The first-order valence-electron chi connectivity index (χ1n) is 8.62. The van der Waals surface area contributed by atoms with Gasteiger partial charge in [0.1, 0.15) is 5.75 Å². The Hall–Kier alpha value is -1.75. The second kappa shape index (κ2) is 6.79. The molecule has 2 aliphatic heterocycles. The molecule has 2 saturated heterocycles. The minimum Gasteiger partial charge on any atom is -0.495 e. The van der Waals surface area contributed by atoms with Crippen LogP contribution in [0.4, 0.5) is 5.69 Å². The van der Waals surface area contributed by atoms with Crippen molar-refractivity contribution in [2.45, 2.75) is 31.7 Å². The molecule has 0 saturated carbocycles. The molecule has 0 aliphatic carbocycles. The van der Waals surface area contributed by atoms with Crippen molar-refractivity contribution < 1.29 is 9.53 Å². The number of amides is 1. The number of para-hydroxylation sites is 2. The monoisotopic (exact) mass is 317 g/mol. The molecule has 1 aromatic carbocycles. The van der Waals surface area contributed by atoms with Gasteiger partial charge < -0.3 is 19.9 Å². The molecule has 126 valence electrons. The van der Waals surface area contributed by atoms with Gasteiger partial charge in [0, 0.05) is 26.2 Å². The second-order valence-corrected chi connectivity index (χ2v) is 6.42. The summed E-state index contributed by atoms with van der Waals surface area (Å²) in [6.45, 7) is 6.33. The van der Waals surface area contributed by atoms with Gasteiger partial charge in [-0.2, -0.15) is 0 Å². The summed E-state index contributed by atoms with van der Waals surface area (Å²) in [5.74, 6) is 1.19. The van der Waals surface area contributed by atoms with Crippen LogP contribution in [0.1, 0.15) is 26.2 Å². The standard InChI is InChI=1S/C18H27N3O2/c1-3-18(9-6-10-19-18)17(22)21-13-11-20(12-14-21)15-7-4-5-8-16(15)23-2/h4-5,7-8,19H,3,6,9-14H2,1-2H3. The molecule has 2 heterocycles. The van der Waals surface area contributed by atoms with E-state index >= 15 is 0 Å². The highest BCUT2D eigenvalue weighted by Gasteiger charge is 2.42. The van der Waals surface area contributed by atoms with Crippen molar-refractivity contribution in [3.05, 3.63) is 24.3 Å². The molecule has 5 heteroatoms. The van der Waals surface area contributed by atoms with E-state index in [-0.39, 0.29) is 11.4 Å². The minimum atomic E-state index is -0.313. The first-order chi connectivity index (χ1) is 11.2. The molecule has 1 unspecified atom stereocenters. The molecular weight excluding hydrogens is 290 g/mol. The summed E-state index contributed by atoms with van der Waals surface area (Å²) in [5, 5.41) is 3.45. The van der Waals surface area contributed by atoms with E-state index in [0.29, 0.717) is 0 Å². The minimum absolute atomic E-state index is 0.289. The fraction of sp³-hybridized carbons (Fsp3) is 0.611. The van der Waals surface area contributed by atoms with Crippen LogP contribution < -0.4 is 15.0 Å². The van der Waals surface area contributed by atoms with Crippen LogP contribution in [-0.4, -0.2) is 56.2 Å². The molecule has 0 radical (unpaired) electrons. The lowest BCUT2D eigenvalue weighted by molar-refractivity contribution is -0.138. The number of carbonyl (C=O) groups is 1. The number of rotatable bonds is 4. The summed E-state index contributed by atoms with van der Waals surface area (Å²) < 4.78 is 5.46. The van der Waals surface area contributed by atoms with E-state index in [9.17, 15) is 4.79 Å². The maximum absolute atomic E-state index is 12.9. The topological polar surface area (TPSA) is 44.8 Å². The molecule has 1 aromatic rings. The third-order valence-electron chi connectivity index (χ3n) is 5.25. The highest BCUT2D eigenvalue weighted by Crippen LogP contribution is 2.30. The van der Waals surface area contributed by atoms with Crippen LogP contribution in [0.15, 0.2) is 24.3 Å². The summed E-state index contributed by atoms with van der Waals surface area (Å²) in [5.41, 5.74) is 0.804. The molecule has 2 fully saturated rings. The Labute approximate surface area is 138 Å². The first kappa shape index (κ1) is 16.1. The second-order valence-electron chi connectivity index (χ2n) is 6.42. The van der Waals surface area contributed by atoms with E-state index in [4.69, 9.17) is 4.74 Å². The maximum atomic E-state index is 12.9. The third kappa shape index (κ3) is 3.02. The predicted molar refractivity (Wildman–Crippen MR) is 92.0 cm³/mol. The lowest BCUT2D eigenvalue weighted by Crippen LogP contribution is -2.59. The zero-order valence-electron chi connectivity index (χ0n) is 14.2. The lowest BCUT2D eigenvalue weighted by atomic mass is 9.92. The molecule has 5 nitrogen and oxygen atoms in total. The molecule has 0 aromatic heterocycles. The van der Waals surface area contributed by atoms with Crippen LogP contribution in [0.2, 0.25) is 0 Å². The van der Waals surface area contributed by atoms with Gasteiger partial charge in [-0.15, -0.1) is 0 Å². The number of anilines is 1. The summed E-state index contributed by atoms with van der Waals surface area (Å²) in [7, 11) is 1.70. The van der Waals surface area contributed by atoms with Crippen LogP contribution in [0.5, 0.6) is 5.75 Å². The molecule has 0 spiro atoms. The average molecular weight is 317 g/mol. The summed E-state index contributed by atoms with van der Waals surface area (Å²) in [4.78, 5) is 17.3. The van der Waals surface area contributed by atoms with Crippen molar-refractivity contribution in [2.75, 3.05) is 44.7 Å². The zero-order valence-corrected chi connectivity index (χ0v) is 14.2. The van der Waals surface area contributed by atoms with Crippen molar-refractivity contribution in [1.29, 1.82) is 0 Å². The fourth-order valence-electron chi connectivity index (χ4n) is 3.79. The normalized spacial score (nSPS) is 24.8. The molecule has 1 atom stereocenters. The van der Waals surface area contributed by atoms with E-state index in [0.717, 1.165) is 63.4 Å². The maximum Gasteiger partial charge on any atom is 0.242 e. The number of methoxy groups -OCH3 is 1. The quantitative estimate of drug-likeness (QED) is 0.921. The van der Waals surface area contributed by atoms with Gasteiger partial charge in [-0.05, 0) is 37.9 Å². The molecule has 0 bridgehead atoms. The van der Waals surface area contributed by atoms with Gasteiger partial charge in [-0.25, -0.2) is 0 Å². The number of nitrogens with one attached hydrogen (secondary N) is 1. The Morgan fingerprint density at radius 1 is 1.26 bits per heavy atom. The number of hydrogen-bond acceptors (Lipinski definition) is 4. The summed E-state index contributed by atoms with van der Waals surface area (Å²) in [6.07, 6.45) is 2.94. The Bertz CT molecular complexity index is 547. The molecule has 2 aliphatic rings. The summed E-state index contributed by atoms with van der Waals surface area (Å²) >= 11 is 0. The van der Waals surface area contributed by atoms with E-state index in [1.54, 1.807) is 7.11 Å². The largest absolute Gasteiger partial charge is 0.495 e. The Balaban J connectivity index is 1.65. The number of nitrogens with zero attached hydrogens (tertiary/aromatic N) is 2. The van der Waals surface area contributed by atoms with E-state index in [2.05, 4.69) is 23.2 Å². The smallest absolute Gasteiger partial charge is 0.242 e. The zero-order chi connectivity index (χ0) is 16.3. The van der Waals surface area contributed by atoms with Crippen molar-refractivity contribution in [1.82, 2.24) is 10.2 Å². The van der Waals surface area contributed by atoms with Crippen molar-refractivity contribution >= 4 is 11.6 Å². The first-order valence-corrected chi connectivity index (χ1v) is 8.62. The fourth-order valence-corrected chi connectivity index (χ4v) is 3.79. The van der Waals surface area contributed by atoms with Gasteiger partial charge in [0.25, 0.3) is 0 Å². The van der Waals surface area contributed by atoms with Gasteiger partial charge in [-0.3, -0.25) is 4.79 Å². The van der Waals surface area contributed by atoms with Gasteiger partial charge in [0.05, 0.1) is 18.3 Å². The van der Waals surface area contributed by atoms with Crippen LogP contribution in [0, 0.1) is 0 Å². The van der Waals surface area contributed by atoms with E-state index in [1.165, 1.54) is 0 Å². The molecular formula is C18H27N3O2. The molecule has 1 N–H and O–H groups in total. The Morgan fingerprint density at radius 3 is 2.61 bits per heavy atom. The summed E-state index contributed by atoms with van der Waals surface area (Å²) in [6, 6.07) is 8.09.